The SMILES string of the molecule is CN1CCN(CC#CCOC2CCN(C(=O)c3ncc(F)cc3F)CC2)CC1. The minimum Gasteiger partial charge on any atom is -0.365 e. The quantitative estimate of drug-likeness (QED) is 0.722. The van der Waals surface area contributed by atoms with Crippen molar-refractivity contribution in [3.05, 3.63) is 29.6 Å². The van der Waals surface area contributed by atoms with Crippen molar-refractivity contribution in [3.63, 3.8) is 0 Å². The van der Waals surface area contributed by atoms with Crippen LogP contribution in [0.5, 0.6) is 0 Å². The minimum atomic E-state index is -0.931. The molecular formula is C20H26F2N4O2. The summed E-state index contributed by atoms with van der Waals surface area (Å²) >= 11 is 0. The molecule has 1 aromatic rings. The van der Waals surface area contributed by atoms with E-state index in [-0.39, 0.29) is 11.8 Å². The lowest BCUT2D eigenvalue weighted by Crippen LogP contribution is -2.44. The van der Waals surface area contributed by atoms with Crippen LogP contribution in [0.25, 0.3) is 0 Å². The van der Waals surface area contributed by atoms with Crippen molar-refractivity contribution in [3.8, 4) is 11.8 Å². The molecule has 2 aliphatic rings. The van der Waals surface area contributed by atoms with E-state index in [9.17, 15) is 13.6 Å². The number of piperazine rings is 1. The lowest BCUT2D eigenvalue weighted by molar-refractivity contribution is 0.0226. The topological polar surface area (TPSA) is 48.9 Å². The molecule has 1 amide bonds. The van der Waals surface area contributed by atoms with Gasteiger partial charge in [-0.15, -0.1) is 0 Å². The molecule has 8 heteroatoms. The molecule has 2 fully saturated rings. The van der Waals surface area contributed by atoms with Gasteiger partial charge in [0.05, 0.1) is 18.8 Å². The Morgan fingerprint density at radius 3 is 2.57 bits per heavy atom. The molecule has 0 N–H and O–H groups in total. The Morgan fingerprint density at radius 1 is 1.18 bits per heavy atom. The second-order valence-electron chi connectivity index (χ2n) is 7.22. The number of ether oxygens (including phenoxy) is 1. The van der Waals surface area contributed by atoms with E-state index in [0.717, 1.165) is 38.9 Å². The molecule has 0 atom stereocenters. The average molecular weight is 392 g/mol. The van der Waals surface area contributed by atoms with Crippen LogP contribution in [0, 0.1) is 23.5 Å². The van der Waals surface area contributed by atoms with Crippen LogP contribution in [-0.2, 0) is 4.74 Å². The molecular weight excluding hydrogens is 366 g/mol. The Hall–Kier alpha value is -2.08. The first-order valence-corrected chi connectivity index (χ1v) is 9.61. The summed E-state index contributed by atoms with van der Waals surface area (Å²) in [6.07, 6.45) is 2.21. The van der Waals surface area contributed by atoms with Gasteiger partial charge in [0.25, 0.3) is 5.91 Å². The summed E-state index contributed by atoms with van der Waals surface area (Å²) in [4.78, 5) is 22.1. The molecule has 152 valence electrons. The van der Waals surface area contributed by atoms with Crippen LogP contribution >= 0.6 is 0 Å². The van der Waals surface area contributed by atoms with Crippen LogP contribution < -0.4 is 0 Å². The molecule has 3 heterocycles. The van der Waals surface area contributed by atoms with Crippen molar-refractivity contribution in [1.29, 1.82) is 0 Å². The van der Waals surface area contributed by atoms with Gasteiger partial charge in [-0.2, -0.15) is 0 Å². The van der Waals surface area contributed by atoms with Crippen molar-refractivity contribution in [2.75, 3.05) is 59.5 Å². The van der Waals surface area contributed by atoms with E-state index in [4.69, 9.17) is 4.74 Å². The predicted molar refractivity (Wildman–Crippen MR) is 101 cm³/mol. The van der Waals surface area contributed by atoms with Crippen molar-refractivity contribution in [1.82, 2.24) is 19.7 Å². The van der Waals surface area contributed by atoms with Gasteiger partial charge in [-0.3, -0.25) is 9.69 Å². The second kappa shape index (κ2) is 9.92. The molecule has 0 saturated carbocycles. The van der Waals surface area contributed by atoms with Gasteiger partial charge in [0.15, 0.2) is 11.5 Å². The maximum absolute atomic E-state index is 13.7. The van der Waals surface area contributed by atoms with Crippen molar-refractivity contribution in [2.24, 2.45) is 0 Å². The number of carbonyl (C=O) groups is 1. The molecule has 2 aliphatic heterocycles. The standard InChI is InChI=1S/C20H26F2N4O2/c1-24-9-11-25(12-10-24)6-2-3-13-28-17-4-7-26(8-5-17)20(27)19-18(22)14-16(21)15-23-19/h14-15,17H,4-13H2,1H3. The Balaban J connectivity index is 1.36. The zero-order valence-corrected chi connectivity index (χ0v) is 16.2. The van der Waals surface area contributed by atoms with Gasteiger partial charge < -0.3 is 14.5 Å². The van der Waals surface area contributed by atoms with Gasteiger partial charge in [0.2, 0.25) is 0 Å². The fourth-order valence-electron chi connectivity index (χ4n) is 3.33. The molecule has 0 radical (unpaired) electrons. The number of likely N-dealkylation sites (N-methyl/N-ethyl adjacent to an activating group) is 1. The van der Waals surface area contributed by atoms with E-state index in [1.807, 2.05) is 0 Å². The Kier molecular flexibility index (Phi) is 7.31. The summed E-state index contributed by atoms with van der Waals surface area (Å²) in [5, 5.41) is 0. The summed E-state index contributed by atoms with van der Waals surface area (Å²) in [7, 11) is 2.13. The number of aromatic nitrogens is 1. The number of carbonyl (C=O) groups excluding carboxylic acids is 1. The third-order valence-electron chi connectivity index (χ3n) is 5.15. The molecule has 3 rings (SSSR count). The second-order valence-corrected chi connectivity index (χ2v) is 7.22. The summed E-state index contributed by atoms with van der Waals surface area (Å²) in [6, 6.07) is 0.677. The summed E-state index contributed by atoms with van der Waals surface area (Å²) in [5.74, 6) is 3.98. The largest absolute Gasteiger partial charge is 0.365 e. The highest BCUT2D eigenvalue weighted by Gasteiger charge is 2.26. The first-order chi connectivity index (χ1) is 13.5. The van der Waals surface area contributed by atoms with E-state index < -0.39 is 17.5 Å². The molecule has 6 nitrogen and oxygen atoms in total. The van der Waals surface area contributed by atoms with E-state index >= 15 is 0 Å². The molecule has 0 spiro atoms. The Bertz CT molecular complexity index is 733. The van der Waals surface area contributed by atoms with Crippen LogP contribution in [0.3, 0.4) is 0 Å². The summed E-state index contributed by atoms with van der Waals surface area (Å²) < 4.78 is 32.5. The molecule has 0 bridgehead atoms. The first kappa shape index (κ1) is 20.6. The lowest BCUT2D eigenvalue weighted by atomic mass is 10.1. The zero-order valence-electron chi connectivity index (χ0n) is 16.2. The fourth-order valence-corrected chi connectivity index (χ4v) is 3.33. The number of rotatable bonds is 4. The molecule has 0 unspecified atom stereocenters. The van der Waals surface area contributed by atoms with Crippen molar-refractivity contribution in [2.45, 2.75) is 18.9 Å². The smallest absolute Gasteiger partial charge is 0.275 e. The maximum Gasteiger partial charge on any atom is 0.275 e. The average Bonchev–Trinajstić information content (AvgIpc) is 2.69. The molecule has 28 heavy (non-hydrogen) atoms. The number of piperidine rings is 1. The Morgan fingerprint density at radius 2 is 1.89 bits per heavy atom. The number of halogens is 2. The van der Waals surface area contributed by atoms with Gasteiger partial charge in [0.1, 0.15) is 12.4 Å². The summed E-state index contributed by atoms with van der Waals surface area (Å²) in [6.45, 7) is 6.29. The molecule has 2 saturated heterocycles. The highest BCUT2D eigenvalue weighted by Crippen LogP contribution is 2.17. The first-order valence-electron chi connectivity index (χ1n) is 9.61. The van der Waals surface area contributed by atoms with E-state index in [0.29, 0.717) is 38.6 Å². The molecule has 0 aromatic carbocycles. The third kappa shape index (κ3) is 5.71. The highest BCUT2D eigenvalue weighted by molar-refractivity contribution is 5.92. The lowest BCUT2D eigenvalue weighted by Gasteiger charge is -2.31. The van der Waals surface area contributed by atoms with Crippen LogP contribution in [0.15, 0.2) is 12.3 Å². The monoisotopic (exact) mass is 392 g/mol. The molecule has 1 aromatic heterocycles. The van der Waals surface area contributed by atoms with E-state index in [1.165, 1.54) is 4.90 Å². The zero-order chi connectivity index (χ0) is 19.9. The van der Waals surface area contributed by atoms with Gasteiger partial charge in [-0.05, 0) is 19.9 Å². The number of pyridine rings is 1. The van der Waals surface area contributed by atoms with Gasteiger partial charge in [0, 0.05) is 45.3 Å². The van der Waals surface area contributed by atoms with Crippen LogP contribution in [-0.4, -0.2) is 91.2 Å². The van der Waals surface area contributed by atoms with Gasteiger partial charge in [-0.1, -0.05) is 11.8 Å². The maximum atomic E-state index is 13.7. The van der Waals surface area contributed by atoms with Crippen molar-refractivity contribution >= 4 is 5.91 Å². The van der Waals surface area contributed by atoms with Crippen LogP contribution in [0.2, 0.25) is 0 Å². The van der Waals surface area contributed by atoms with Crippen LogP contribution in [0.1, 0.15) is 23.3 Å². The van der Waals surface area contributed by atoms with Crippen molar-refractivity contribution < 1.29 is 18.3 Å². The predicted octanol–water partition coefficient (Wildman–Crippen LogP) is 1.23. The highest BCUT2D eigenvalue weighted by atomic mass is 19.1. The van der Waals surface area contributed by atoms with E-state index in [2.05, 4.69) is 33.7 Å². The number of likely N-dealkylation sites (tertiary alicyclic amines) is 1. The Labute approximate surface area is 164 Å². The molecule has 0 aliphatic carbocycles. The van der Waals surface area contributed by atoms with Gasteiger partial charge >= 0.3 is 0 Å². The normalized spacial score (nSPS) is 19.3. The van der Waals surface area contributed by atoms with Crippen LogP contribution in [0.4, 0.5) is 8.78 Å². The summed E-state index contributed by atoms with van der Waals surface area (Å²) in [5.41, 5.74) is -0.337. The van der Waals surface area contributed by atoms with Gasteiger partial charge in [-0.25, -0.2) is 13.8 Å². The number of hydrogen-bond acceptors (Lipinski definition) is 5. The number of hydrogen-bond donors (Lipinski definition) is 0. The number of amides is 1. The minimum absolute atomic E-state index is 0.0352. The number of nitrogens with zero attached hydrogens (tertiary/aromatic N) is 4. The fraction of sp³-hybridized carbons (Fsp3) is 0.600. The third-order valence-corrected chi connectivity index (χ3v) is 5.15. The van der Waals surface area contributed by atoms with E-state index in [1.54, 1.807) is 0 Å².